The first-order valence-corrected chi connectivity index (χ1v) is 6.81. The first-order chi connectivity index (χ1) is 9.56. The highest BCUT2D eigenvalue weighted by molar-refractivity contribution is 9.10. The Bertz CT molecular complexity index is 657. The molecule has 0 bridgehead atoms. The molecule has 2 aromatic rings. The molecule has 102 valence electrons. The van der Waals surface area contributed by atoms with Crippen LogP contribution >= 0.6 is 27.5 Å². The van der Waals surface area contributed by atoms with Gasteiger partial charge in [-0.2, -0.15) is 5.10 Å². The molecule has 0 spiro atoms. The lowest BCUT2D eigenvalue weighted by atomic mass is 10.2. The fraction of sp³-hybridized carbons (Fsp3) is 0. The molecule has 0 aromatic heterocycles. The maximum Gasteiger partial charge on any atom is 0.271 e. The Kier molecular flexibility index (Phi) is 4.76. The van der Waals surface area contributed by atoms with E-state index in [0.29, 0.717) is 15.1 Å². The molecule has 0 fully saturated rings. The van der Waals surface area contributed by atoms with E-state index in [4.69, 9.17) is 11.6 Å². The van der Waals surface area contributed by atoms with E-state index in [1.165, 1.54) is 12.3 Å². The van der Waals surface area contributed by atoms with Crippen molar-refractivity contribution in [3.8, 4) is 5.75 Å². The second kappa shape index (κ2) is 6.54. The monoisotopic (exact) mass is 352 g/mol. The fourth-order valence-electron chi connectivity index (χ4n) is 1.43. The molecule has 0 unspecified atom stereocenters. The molecule has 0 aliphatic heterocycles. The zero-order valence-electron chi connectivity index (χ0n) is 10.2. The van der Waals surface area contributed by atoms with Crippen LogP contribution in [-0.2, 0) is 0 Å². The summed E-state index contributed by atoms with van der Waals surface area (Å²) >= 11 is 8.94. The number of hydrazone groups is 1. The number of hydrogen-bond donors (Lipinski definition) is 2. The number of phenols is 1. The van der Waals surface area contributed by atoms with Crippen molar-refractivity contribution in [1.82, 2.24) is 5.43 Å². The summed E-state index contributed by atoms with van der Waals surface area (Å²) in [6.07, 6.45) is 1.48. The molecule has 4 nitrogen and oxygen atoms in total. The van der Waals surface area contributed by atoms with E-state index in [1.807, 2.05) is 0 Å². The van der Waals surface area contributed by atoms with E-state index < -0.39 is 0 Å². The number of nitrogens with zero attached hydrogens (tertiary/aromatic N) is 1. The molecular formula is C14H10BrClN2O2. The molecule has 0 atom stereocenters. The summed E-state index contributed by atoms with van der Waals surface area (Å²) in [5.74, 6) is -0.178. The van der Waals surface area contributed by atoms with Gasteiger partial charge in [0, 0.05) is 10.6 Å². The Balaban J connectivity index is 2.00. The van der Waals surface area contributed by atoms with Gasteiger partial charge in [-0.25, -0.2) is 5.43 Å². The van der Waals surface area contributed by atoms with Crippen molar-refractivity contribution in [3.05, 3.63) is 63.1 Å². The van der Waals surface area contributed by atoms with Crippen LogP contribution in [0.2, 0.25) is 5.02 Å². The van der Waals surface area contributed by atoms with Crippen molar-refractivity contribution in [2.24, 2.45) is 5.10 Å². The van der Waals surface area contributed by atoms with Gasteiger partial charge in [-0.1, -0.05) is 11.6 Å². The number of carbonyl (C=O) groups excluding carboxylic acids is 1. The van der Waals surface area contributed by atoms with Gasteiger partial charge in [0.2, 0.25) is 0 Å². The summed E-state index contributed by atoms with van der Waals surface area (Å²) < 4.78 is 0.561. The van der Waals surface area contributed by atoms with E-state index in [0.717, 1.165) is 5.56 Å². The topological polar surface area (TPSA) is 61.7 Å². The third-order valence-electron chi connectivity index (χ3n) is 2.46. The maximum absolute atomic E-state index is 11.8. The number of halogens is 2. The summed E-state index contributed by atoms with van der Waals surface area (Å²) in [6.45, 7) is 0. The Labute approximate surface area is 129 Å². The van der Waals surface area contributed by atoms with Crippen molar-refractivity contribution in [1.29, 1.82) is 0 Å². The van der Waals surface area contributed by atoms with E-state index >= 15 is 0 Å². The number of hydrogen-bond acceptors (Lipinski definition) is 3. The summed E-state index contributed by atoms with van der Waals surface area (Å²) in [5.41, 5.74) is 3.62. The Hall–Kier alpha value is -1.85. The SMILES string of the molecule is O=C(N/N=C\c1ccc(O)c(Br)c1)c1ccc(Cl)cc1. The third kappa shape index (κ3) is 3.82. The van der Waals surface area contributed by atoms with Gasteiger partial charge in [0.15, 0.2) is 0 Å². The van der Waals surface area contributed by atoms with Crippen molar-refractivity contribution in [2.45, 2.75) is 0 Å². The molecule has 0 aliphatic carbocycles. The summed E-state index contributed by atoms with van der Waals surface area (Å²) in [6, 6.07) is 11.4. The van der Waals surface area contributed by atoms with Crippen LogP contribution in [0.3, 0.4) is 0 Å². The number of nitrogens with one attached hydrogen (secondary N) is 1. The van der Waals surface area contributed by atoms with E-state index in [2.05, 4.69) is 26.5 Å². The van der Waals surface area contributed by atoms with E-state index in [1.54, 1.807) is 36.4 Å². The first-order valence-electron chi connectivity index (χ1n) is 5.64. The standard InChI is InChI=1S/C14H10BrClN2O2/c15-12-7-9(1-6-13(12)19)8-17-18-14(20)10-2-4-11(16)5-3-10/h1-8,19H,(H,18,20)/b17-8-. The smallest absolute Gasteiger partial charge is 0.271 e. The minimum Gasteiger partial charge on any atom is -0.507 e. The van der Waals surface area contributed by atoms with Gasteiger partial charge in [0.1, 0.15) is 5.75 Å². The summed E-state index contributed by atoms with van der Waals surface area (Å²) in [5, 5.41) is 13.8. The maximum atomic E-state index is 11.8. The van der Waals surface area contributed by atoms with Crippen molar-refractivity contribution in [2.75, 3.05) is 0 Å². The van der Waals surface area contributed by atoms with Gasteiger partial charge in [-0.3, -0.25) is 4.79 Å². The molecule has 2 rings (SSSR count). The second-order valence-electron chi connectivity index (χ2n) is 3.92. The van der Waals surface area contributed by atoms with Gasteiger partial charge in [0.05, 0.1) is 10.7 Å². The second-order valence-corrected chi connectivity index (χ2v) is 5.21. The largest absolute Gasteiger partial charge is 0.507 e. The quantitative estimate of drug-likeness (QED) is 0.654. The number of aromatic hydroxyl groups is 1. The van der Waals surface area contributed by atoms with Crippen molar-refractivity contribution < 1.29 is 9.90 Å². The lowest BCUT2D eigenvalue weighted by Crippen LogP contribution is -2.17. The van der Waals surface area contributed by atoms with Crippen LogP contribution in [0.5, 0.6) is 5.75 Å². The summed E-state index contributed by atoms with van der Waals surface area (Å²) in [4.78, 5) is 11.8. The average Bonchev–Trinajstić information content (AvgIpc) is 2.43. The van der Waals surface area contributed by atoms with Crippen LogP contribution in [0.25, 0.3) is 0 Å². The number of phenolic OH excluding ortho intramolecular Hbond substituents is 1. The van der Waals surface area contributed by atoms with E-state index in [9.17, 15) is 9.90 Å². The van der Waals surface area contributed by atoms with Crippen LogP contribution in [0.15, 0.2) is 52.0 Å². The lowest BCUT2D eigenvalue weighted by Gasteiger charge is -2.00. The van der Waals surface area contributed by atoms with Gasteiger partial charge >= 0.3 is 0 Å². The minimum absolute atomic E-state index is 0.146. The zero-order chi connectivity index (χ0) is 14.5. The number of rotatable bonds is 3. The molecule has 0 saturated carbocycles. The minimum atomic E-state index is -0.323. The molecule has 2 aromatic carbocycles. The Morgan fingerprint density at radius 2 is 1.95 bits per heavy atom. The highest BCUT2D eigenvalue weighted by Crippen LogP contribution is 2.23. The van der Waals surface area contributed by atoms with Crippen molar-refractivity contribution in [3.63, 3.8) is 0 Å². The molecule has 0 saturated heterocycles. The van der Waals surface area contributed by atoms with Crippen LogP contribution in [0, 0.1) is 0 Å². The normalized spacial score (nSPS) is 10.7. The summed E-state index contributed by atoms with van der Waals surface area (Å²) in [7, 11) is 0. The van der Waals surface area contributed by atoms with Gasteiger partial charge in [0.25, 0.3) is 5.91 Å². The Morgan fingerprint density at radius 3 is 2.60 bits per heavy atom. The number of amides is 1. The van der Waals surface area contributed by atoms with Gasteiger partial charge < -0.3 is 5.11 Å². The van der Waals surface area contributed by atoms with Crippen LogP contribution in [-0.4, -0.2) is 17.2 Å². The van der Waals surface area contributed by atoms with Gasteiger partial charge in [-0.15, -0.1) is 0 Å². The number of carbonyl (C=O) groups is 1. The van der Waals surface area contributed by atoms with Crippen LogP contribution in [0.1, 0.15) is 15.9 Å². The highest BCUT2D eigenvalue weighted by Gasteiger charge is 2.03. The average molecular weight is 354 g/mol. The lowest BCUT2D eigenvalue weighted by molar-refractivity contribution is 0.0955. The molecule has 0 heterocycles. The Morgan fingerprint density at radius 1 is 1.25 bits per heavy atom. The van der Waals surface area contributed by atoms with Crippen molar-refractivity contribution >= 4 is 39.7 Å². The molecule has 1 amide bonds. The van der Waals surface area contributed by atoms with Crippen LogP contribution in [0.4, 0.5) is 0 Å². The molecule has 2 N–H and O–H groups in total. The van der Waals surface area contributed by atoms with Gasteiger partial charge in [-0.05, 0) is 64.0 Å². The molecule has 20 heavy (non-hydrogen) atoms. The molecular weight excluding hydrogens is 344 g/mol. The predicted octanol–water partition coefficient (Wildman–Crippen LogP) is 3.57. The zero-order valence-corrected chi connectivity index (χ0v) is 12.5. The molecule has 6 heteroatoms. The molecule has 0 aliphatic rings. The number of benzene rings is 2. The third-order valence-corrected chi connectivity index (χ3v) is 3.34. The highest BCUT2D eigenvalue weighted by atomic mass is 79.9. The van der Waals surface area contributed by atoms with Crippen LogP contribution < -0.4 is 5.43 Å². The molecule has 0 radical (unpaired) electrons. The van der Waals surface area contributed by atoms with E-state index in [-0.39, 0.29) is 11.7 Å². The predicted molar refractivity (Wildman–Crippen MR) is 82.3 cm³/mol. The fourth-order valence-corrected chi connectivity index (χ4v) is 1.96. The first kappa shape index (κ1) is 14.6.